The van der Waals surface area contributed by atoms with E-state index < -0.39 is 0 Å². The van der Waals surface area contributed by atoms with E-state index in [0.29, 0.717) is 37.5 Å². The normalized spacial score (nSPS) is 23.4. The van der Waals surface area contributed by atoms with Crippen molar-refractivity contribution < 1.29 is 14.0 Å². The lowest BCUT2D eigenvalue weighted by Gasteiger charge is -2.22. The van der Waals surface area contributed by atoms with Crippen molar-refractivity contribution in [1.82, 2.24) is 15.1 Å². The van der Waals surface area contributed by atoms with Gasteiger partial charge >= 0.3 is 0 Å². The molecule has 26 heavy (non-hydrogen) atoms. The van der Waals surface area contributed by atoms with Crippen LogP contribution in [0.3, 0.4) is 0 Å². The van der Waals surface area contributed by atoms with Gasteiger partial charge in [-0.1, -0.05) is 25.1 Å². The van der Waals surface area contributed by atoms with Crippen LogP contribution in [0, 0.1) is 17.7 Å². The lowest BCUT2D eigenvalue weighted by atomic mass is 10.2. The Morgan fingerprint density at radius 3 is 2.69 bits per heavy atom. The van der Waals surface area contributed by atoms with Gasteiger partial charge in [-0.3, -0.25) is 14.5 Å². The number of rotatable bonds is 6. The highest BCUT2D eigenvalue weighted by atomic mass is 19.1. The zero-order valence-electron chi connectivity index (χ0n) is 15.4. The molecule has 142 valence electrons. The molecule has 1 N–H and O–H groups in total. The number of nitrogens with zero attached hydrogens (tertiary/aromatic N) is 2. The molecule has 2 atom stereocenters. The maximum Gasteiger partial charge on any atom is 0.224 e. The second-order valence-corrected chi connectivity index (χ2v) is 7.46. The first-order valence-corrected chi connectivity index (χ1v) is 9.56. The zero-order valence-corrected chi connectivity index (χ0v) is 15.4. The van der Waals surface area contributed by atoms with Gasteiger partial charge in [0.05, 0.1) is 0 Å². The van der Waals surface area contributed by atoms with Gasteiger partial charge in [0, 0.05) is 57.2 Å². The lowest BCUT2D eigenvalue weighted by Crippen LogP contribution is -2.37. The summed E-state index contributed by atoms with van der Waals surface area (Å²) in [4.78, 5) is 28.3. The van der Waals surface area contributed by atoms with Gasteiger partial charge in [-0.2, -0.15) is 0 Å². The van der Waals surface area contributed by atoms with E-state index in [1.54, 1.807) is 6.07 Å². The summed E-state index contributed by atoms with van der Waals surface area (Å²) in [5.41, 5.74) is 0.698. The van der Waals surface area contributed by atoms with Gasteiger partial charge in [0.25, 0.3) is 0 Å². The minimum absolute atomic E-state index is 0.0808. The fourth-order valence-corrected chi connectivity index (χ4v) is 3.52. The van der Waals surface area contributed by atoms with Crippen LogP contribution in [0.4, 0.5) is 4.39 Å². The fraction of sp³-hybridized carbons (Fsp3) is 0.600. The van der Waals surface area contributed by atoms with E-state index in [2.05, 4.69) is 17.1 Å². The zero-order chi connectivity index (χ0) is 18.5. The molecule has 6 heteroatoms. The summed E-state index contributed by atoms with van der Waals surface area (Å²) in [6, 6.07) is 6.85. The summed E-state index contributed by atoms with van der Waals surface area (Å²) >= 11 is 0. The Morgan fingerprint density at radius 1 is 1.19 bits per heavy atom. The van der Waals surface area contributed by atoms with Crippen molar-refractivity contribution in [2.45, 2.75) is 32.7 Å². The van der Waals surface area contributed by atoms with E-state index >= 15 is 0 Å². The first-order chi connectivity index (χ1) is 12.5. The Hall–Kier alpha value is -1.95. The molecule has 0 aromatic heterocycles. The molecule has 3 rings (SSSR count). The van der Waals surface area contributed by atoms with Crippen molar-refractivity contribution >= 4 is 11.8 Å². The van der Waals surface area contributed by atoms with Crippen molar-refractivity contribution in [3.05, 3.63) is 35.6 Å². The average Bonchev–Trinajstić information content (AvgIpc) is 3.39. The molecule has 1 heterocycles. The summed E-state index contributed by atoms with van der Waals surface area (Å²) < 4.78 is 13.8. The molecule has 1 saturated carbocycles. The van der Waals surface area contributed by atoms with E-state index in [-0.39, 0.29) is 23.5 Å². The molecule has 1 aromatic carbocycles. The topological polar surface area (TPSA) is 52.7 Å². The number of amides is 2. The largest absolute Gasteiger partial charge is 0.355 e. The molecule has 1 saturated heterocycles. The first-order valence-electron chi connectivity index (χ1n) is 9.56. The highest BCUT2D eigenvalue weighted by Crippen LogP contribution is 2.37. The van der Waals surface area contributed by atoms with Gasteiger partial charge in [0.1, 0.15) is 5.82 Å². The molecule has 1 aliphatic carbocycles. The molecule has 1 aliphatic heterocycles. The predicted molar refractivity (Wildman–Crippen MR) is 97.8 cm³/mol. The number of hydrogen-bond acceptors (Lipinski definition) is 3. The van der Waals surface area contributed by atoms with Gasteiger partial charge in [-0.05, 0) is 24.8 Å². The number of benzene rings is 1. The van der Waals surface area contributed by atoms with E-state index in [1.807, 2.05) is 17.0 Å². The summed E-state index contributed by atoms with van der Waals surface area (Å²) in [6.45, 7) is 6.03. The third-order valence-electron chi connectivity index (χ3n) is 5.38. The standard InChI is InChI=1S/C20H28FN3O2/c1-15-13-17(15)20(26)22-8-7-19(25)24-10-4-9-23(11-12-24)14-16-5-2-3-6-18(16)21/h2-3,5-6,15,17H,4,7-14H2,1H3,(H,22,26). The summed E-state index contributed by atoms with van der Waals surface area (Å²) in [7, 11) is 0. The van der Waals surface area contributed by atoms with Crippen molar-refractivity contribution in [1.29, 1.82) is 0 Å². The van der Waals surface area contributed by atoms with Crippen LogP contribution < -0.4 is 5.32 Å². The second-order valence-electron chi connectivity index (χ2n) is 7.46. The molecule has 0 bridgehead atoms. The Kier molecular flexibility index (Phi) is 6.25. The van der Waals surface area contributed by atoms with E-state index in [4.69, 9.17) is 0 Å². The minimum atomic E-state index is -0.176. The molecular weight excluding hydrogens is 333 g/mol. The molecule has 1 aromatic rings. The van der Waals surface area contributed by atoms with Gasteiger partial charge in [0.2, 0.25) is 11.8 Å². The Balaban J connectivity index is 1.40. The number of carbonyl (C=O) groups excluding carboxylic acids is 2. The van der Waals surface area contributed by atoms with E-state index in [1.165, 1.54) is 6.07 Å². The van der Waals surface area contributed by atoms with Crippen LogP contribution in [0.1, 0.15) is 31.7 Å². The first kappa shape index (κ1) is 18.8. The minimum Gasteiger partial charge on any atom is -0.355 e. The fourth-order valence-electron chi connectivity index (χ4n) is 3.52. The monoisotopic (exact) mass is 361 g/mol. The molecule has 2 aliphatic rings. The molecule has 2 amide bonds. The number of halogens is 1. The number of nitrogens with one attached hydrogen (secondary N) is 1. The van der Waals surface area contributed by atoms with Crippen molar-refractivity contribution in [3.63, 3.8) is 0 Å². The molecule has 5 nitrogen and oxygen atoms in total. The van der Waals surface area contributed by atoms with Crippen LogP contribution >= 0.6 is 0 Å². The smallest absolute Gasteiger partial charge is 0.224 e. The van der Waals surface area contributed by atoms with Crippen LogP contribution in [0.5, 0.6) is 0 Å². The van der Waals surface area contributed by atoms with E-state index in [0.717, 1.165) is 32.5 Å². The molecule has 2 unspecified atom stereocenters. The van der Waals surface area contributed by atoms with E-state index in [9.17, 15) is 14.0 Å². The number of carbonyl (C=O) groups is 2. The van der Waals surface area contributed by atoms with Gasteiger partial charge in [-0.25, -0.2) is 4.39 Å². The van der Waals surface area contributed by atoms with Crippen LogP contribution in [0.25, 0.3) is 0 Å². The Bertz CT molecular complexity index is 652. The maximum absolute atomic E-state index is 13.8. The Morgan fingerprint density at radius 2 is 1.96 bits per heavy atom. The summed E-state index contributed by atoms with van der Waals surface area (Å²) in [6.07, 6.45) is 2.19. The predicted octanol–water partition coefficient (Wildman–Crippen LogP) is 2.02. The molecule has 2 fully saturated rings. The van der Waals surface area contributed by atoms with Crippen molar-refractivity contribution in [2.24, 2.45) is 11.8 Å². The van der Waals surface area contributed by atoms with Crippen molar-refractivity contribution in [3.8, 4) is 0 Å². The second kappa shape index (κ2) is 8.62. The van der Waals surface area contributed by atoms with Crippen molar-refractivity contribution in [2.75, 3.05) is 32.7 Å². The highest BCUT2D eigenvalue weighted by molar-refractivity contribution is 5.82. The molecule has 0 radical (unpaired) electrons. The van der Waals surface area contributed by atoms with Crippen LogP contribution in [-0.4, -0.2) is 54.3 Å². The van der Waals surface area contributed by atoms with Crippen LogP contribution in [-0.2, 0) is 16.1 Å². The third kappa shape index (κ3) is 5.04. The molecular formula is C20H28FN3O2. The quantitative estimate of drug-likeness (QED) is 0.843. The van der Waals surface area contributed by atoms with Crippen LogP contribution in [0.2, 0.25) is 0 Å². The van der Waals surface area contributed by atoms with Gasteiger partial charge in [-0.15, -0.1) is 0 Å². The summed E-state index contributed by atoms with van der Waals surface area (Å²) in [5.74, 6) is 0.622. The van der Waals surface area contributed by atoms with Gasteiger partial charge < -0.3 is 10.2 Å². The van der Waals surface area contributed by atoms with Crippen LogP contribution in [0.15, 0.2) is 24.3 Å². The lowest BCUT2D eigenvalue weighted by molar-refractivity contribution is -0.131. The average molecular weight is 361 g/mol. The number of hydrogen-bond donors (Lipinski definition) is 1. The maximum atomic E-state index is 13.8. The SMILES string of the molecule is CC1CC1C(=O)NCCC(=O)N1CCCN(Cc2ccccc2F)CC1. The Labute approximate surface area is 154 Å². The molecule has 0 spiro atoms. The van der Waals surface area contributed by atoms with Gasteiger partial charge in [0.15, 0.2) is 0 Å². The highest BCUT2D eigenvalue weighted by Gasteiger charge is 2.38. The summed E-state index contributed by atoms with van der Waals surface area (Å²) in [5, 5.41) is 2.87. The third-order valence-corrected chi connectivity index (χ3v) is 5.38.